The minimum absolute atomic E-state index is 0.258. The zero-order valence-electron chi connectivity index (χ0n) is 19.7. The number of aromatic nitrogens is 2. The molecule has 1 aromatic heterocycles. The van der Waals surface area contributed by atoms with Gasteiger partial charge in [0, 0.05) is 23.9 Å². The number of carbonyl (C=O) groups is 1. The van der Waals surface area contributed by atoms with E-state index in [9.17, 15) is 9.18 Å². The summed E-state index contributed by atoms with van der Waals surface area (Å²) in [7, 11) is 3.31. The van der Waals surface area contributed by atoms with Gasteiger partial charge in [0.05, 0.1) is 19.2 Å². The van der Waals surface area contributed by atoms with Crippen molar-refractivity contribution in [3.05, 3.63) is 100 Å². The predicted octanol–water partition coefficient (Wildman–Crippen LogP) is 4.80. The lowest BCUT2D eigenvalue weighted by Gasteiger charge is -2.32. The monoisotopic (exact) mass is 462 g/mol. The van der Waals surface area contributed by atoms with Crippen LogP contribution in [0.1, 0.15) is 36.7 Å². The van der Waals surface area contributed by atoms with Gasteiger partial charge in [0.2, 0.25) is 0 Å². The van der Waals surface area contributed by atoms with Crippen molar-refractivity contribution in [3.63, 3.8) is 0 Å². The number of anilines is 1. The lowest BCUT2D eigenvalue weighted by Crippen LogP contribution is -2.30. The summed E-state index contributed by atoms with van der Waals surface area (Å²) in [6.07, 6.45) is 1.87. The fourth-order valence-electron chi connectivity index (χ4n) is 4.24. The molecule has 0 saturated heterocycles. The number of nitrogens with zero attached hydrogens (tertiary/aromatic N) is 4. The average Bonchev–Trinajstić information content (AvgIpc) is 3.26. The maximum atomic E-state index is 13.9. The molecular formula is C26H27FN4O3. The fourth-order valence-corrected chi connectivity index (χ4v) is 4.24. The van der Waals surface area contributed by atoms with Crippen LogP contribution in [0.4, 0.5) is 10.4 Å². The van der Waals surface area contributed by atoms with Crippen molar-refractivity contribution in [2.24, 2.45) is 0 Å². The highest BCUT2D eigenvalue weighted by atomic mass is 19.1. The Morgan fingerprint density at radius 2 is 1.91 bits per heavy atom. The number of carbonyl (C=O) groups excluding carboxylic acids is 1. The van der Waals surface area contributed by atoms with E-state index in [1.165, 1.54) is 24.8 Å². The lowest BCUT2D eigenvalue weighted by atomic mass is 9.86. The van der Waals surface area contributed by atoms with E-state index in [1.54, 1.807) is 24.0 Å². The Balaban J connectivity index is 1.60. The van der Waals surface area contributed by atoms with Crippen molar-refractivity contribution >= 4 is 12.0 Å². The van der Waals surface area contributed by atoms with Crippen LogP contribution < -0.4 is 4.90 Å². The minimum Gasteiger partial charge on any atom is -0.466 e. The normalized spacial score (nSPS) is 16.1. The Labute approximate surface area is 198 Å². The third-order valence-corrected chi connectivity index (χ3v) is 5.77. The maximum Gasteiger partial charge on any atom is 0.336 e. The highest BCUT2D eigenvalue weighted by molar-refractivity contribution is 5.93. The van der Waals surface area contributed by atoms with E-state index >= 15 is 0 Å². The third kappa shape index (κ3) is 4.92. The summed E-state index contributed by atoms with van der Waals surface area (Å²) < 4.78 is 24.5. The Kier molecular flexibility index (Phi) is 6.88. The summed E-state index contributed by atoms with van der Waals surface area (Å²) in [5, 5.41) is 4.14. The largest absolute Gasteiger partial charge is 0.466 e. The topological polar surface area (TPSA) is 71.7 Å². The van der Waals surface area contributed by atoms with Crippen LogP contribution in [0.2, 0.25) is 0 Å². The number of benzene rings is 2. The molecule has 8 heteroatoms. The molecule has 0 saturated carbocycles. The molecule has 2 aromatic carbocycles. The molecule has 0 N–H and O–H groups in total. The quantitative estimate of drug-likeness (QED) is 0.467. The number of esters is 1. The van der Waals surface area contributed by atoms with E-state index in [1.807, 2.05) is 38.2 Å². The highest BCUT2D eigenvalue weighted by Gasteiger charge is 2.34. The summed E-state index contributed by atoms with van der Waals surface area (Å²) >= 11 is 0. The summed E-state index contributed by atoms with van der Waals surface area (Å²) in [6, 6.07) is 16.6. The molecule has 3 aromatic rings. The van der Waals surface area contributed by atoms with Crippen molar-refractivity contribution < 1.29 is 18.4 Å². The van der Waals surface area contributed by atoms with Crippen LogP contribution >= 0.6 is 0 Å². The van der Waals surface area contributed by atoms with E-state index in [0.29, 0.717) is 29.2 Å². The van der Waals surface area contributed by atoms with Crippen molar-refractivity contribution in [1.29, 1.82) is 0 Å². The van der Waals surface area contributed by atoms with Gasteiger partial charge in [-0.05, 0) is 44.2 Å². The van der Waals surface area contributed by atoms with Gasteiger partial charge in [0.15, 0.2) is 5.82 Å². The van der Waals surface area contributed by atoms with Crippen LogP contribution in [0.25, 0.3) is 0 Å². The molecule has 7 nitrogen and oxygen atoms in total. The van der Waals surface area contributed by atoms with E-state index in [4.69, 9.17) is 9.26 Å². The van der Waals surface area contributed by atoms with E-state index in [-0.39, 0.29) is 11.8 Å². The van der Waals surface area contributed by atoms with Crippen LogP contribution in [0, 0.1) is 5.82 Å². The second-order valence-electron chi connectivity index (χ2n) is 8.32. The molecule has 0 amide bonds. The molecule has 0 aliphatic carbocycles. The summed E-state index contributed by atoms with van der Waals surface area (Å²) in [6.45, 7) is 4.91. The number of halogens is 1. The van der Waals surface area contributed by atoms with Crippen LogP contribution in [0.5, 0.6) is 0 Å². The lowest BCUT2D eigenvalue weighted by molar-refractivity contribution is -0.136. The smallest absolute Gasteiger partial charge is 0.336 e. The summed E-state index contributed by atoms with van der Waals surface area (Å²) in [5.74, 6) is -0.795. The summed E-state index contributed by atoms with van der Waals surface area (Å²) in [5.41, 5.74) is 3.61. The van der Waals surface area contributed by atoms with Crippen molar-refractivity contribution in [2.75, 3.05) is 19.1 Å². The first-order valence-corrected chi connectivity index (χ1v) is 11.0. The maximum absolute atomic E-state index is 13.9. The molecule has 1 aliphatic heterocycles. The molecule has 176 valence electrons. The first-order valence-electron chi connectivity index (χ1n) is 11.0. The molecule has 1 aliphatic rings. The van der Waals surface area contributed by atoms with Gasteiger partial charge in [-0.3, -0.25) is 9.80 Å². The Morgan fingerprint density at radius 3 is 2.62 bits per heavy atom. The standard InChI is InChI=1S/C26H27FN4O3/c1-17-13-22(20-11-8-12-21(27)14-20)24(25(32)33-4)18(2)31(17)26-28-23(29-34-26)16-30(3)15-19-9-6-5-7-10-19/h5-14,22H,15-16H2,1-4H3. The number of rotatable bonds is 7. The van der Waals surface area contributed by atoms with Crippen LogP contribution in [0.15, 0.2) is 82.2 Å². The number of ether oxygens (including phenoxy) is 1. The zero-order valence-corrected chi connectivity index (χ0v) is 19.7. The van der Waals surface area contributed by atoms with Crippen LogP contribution in [-0.4, -0.2) is 35.2 Å². The SMILES string of the molecule is COC(=O)C1=C(C)N(c2nc(CN(C)Cc3ccccc3)no2)C(C)=CC1c1cccc(F)c1. The molecule has 4 rings (SSSR count). The second kappa shape index (κ2) is 10.0. The van der Waals surface area contributed by atoms with Crippen LogP contribution in [0.3, 0.4) is 0 Å². The van der Waals surface area contributed by atoms with Gasteiger partial charge in [-0.2, -0.15) is 4.98 Å². The molecule has 1 atom stereocenters. The zero-order chi connectivity index (χ0) is 24.2. The Morgan fingerprint density at radius 1 is 1.15 bits per heavy atom. The van der Waals surface area contributed by atoms with Crippen LogP contribution in [-0.2, 0) is 22.6 Å². The minimum atomic E-state index is -0.497. The molecular weight excluding hydrogens is 435 g/mol. The molecule has 0 radical (unpaired) electrons. The Bertz CT molecular complexity index is 1240. The molecule has 0 bridgehead atoms. The van der Waals surface area contributed by atoms with Gasteiger partial charge >= 0.3 is 12.0 Å². The number of hydrogen-bond acceptors (Lipinski definition) is 7. The predicted molar refractivity (Wildman–Crippen MR) is 126 cm³/mol. The van der Waals surface area contributed by atoms with Crippen molar-refractivity contribution in [1.82, 2.24) is 15.0 Å². The number of hydrogen-bond donors (Lipinski definition) is 0. The number of allylic oxidation sites excluding steroid dienone is 3. The molecule has 1 unspecified atom stereocenters. The van der Waals surface area contributed by atoms with Gasteiger partial charge in [-0.1, -0.05) is 53.7 Å². The average molecular weight is 463 g/mol. The third-order valence-electron chi connectivity index (χ3n) is 5.77. The Hall–Kier alpha value is -3.78. The highest BCUT2D eigenvalue weighted by Crippen LogP contribution is 2.39. The van der Waals surface area contributed by atoms with Gasteiger partial charge in [0.1, 0.15) is 5.82 Å². The second-order valence-corrected chi connectivity index (χ2v) is 8.32. The molecule has 0 spiro atoms. The van der Waals surface area contributed by atoms with E-state index in [0.717, 1.165) is 12.2 Å². The van der Waals surface area contributed by atoms with Gasteiger partial charge < -0.3 is 9.26 Å². The van der Waals surface area contributed by atoms with Crippen molar-refractivity contribution in [2.45, 2.75) is 32.9 Å². The van der Waals surface area contributed by atoms with Crippen molar-refractivity contribution in [3.8, 4) is 0 Å². The molecule has 34 heavy (non-hydrogen) atoms. The van der Waals surface area contributed by atoms with Gasteiger partial charge in [-0.15, -0.1) is 0 Å². The summed E-state index contributed by atoms with van der Waals surface area (Å²) in [4.78, 5) is 21.1. The van der Waals surface area contributed by atoms with Gasteiger partial charge in [0.25, 0.3) is 0 Å². The van der Waals surface area contributed by atoms with E-state index < -0.39 is 11.9 Å². The number of methoxy groups -OCH3 is 1. The first-order chi connectivity index (χ1) is 16.4. The molecule has 0 fully saturated rings. The first kappa shape index (κ1) is 23.4. The molecule has 2 heterocycles. The van der Waals surface area contributed by atoms with Gasteiger partial charge in [-0.25, -0.2) is 9.18 Å². The van der Waals surface area contributed by atoms with E-state index in [2.05, 4.69) is 27.2 Å². The fraction of sp³-hybridized carbons (Fsp3) is 0.269.